The fraction of sp³-hybridized carbons (Fsp3) is 0.250. The van der Waals surface area contributed by atoms with Crippen molar-refractivity contribution in [1.82, 2.24) is 10.9 Å². The number of amides is 2. The molecule has 2 N–H and O–H groups in total. The van der Waals surface area contributed by atoms with Crippen LogP contribution in [0.2, 0.25) is 0 Å². The molecule has 0 bridgehead atoms. The molecule has 118 valence electrons. The van der Waals surface area contributed by atoms with Crippen molar-refractivity contribution in [2.45, 2.75) is 13.8 Å². The molecule has 0 unspecified atom stereocenters. The van der Waals surface area contributed by atoms with Crippen LogP contribution < -0.4 is 20.3 Å². The molecule has 6 nitrogen and oxygen atoms in total. The Labute approximate surface area is 129 Å². The standard InChI is InChI=1S/C16H20N2O4/c1-3-5-6-11-15(19)17-18-16(20)12-22-14-10-8-7-9-13(14)21-4-2/h3,5-11H,4,12H2,1-2H3,(H,17,19)(H,18,20)/b5-3+,11-6+. The number of hydrazine groups is 1. The first kappa shape index (κ1) is 17.3. The van der Waals surface area contributed by atoms with Crippen molar-refractivity contribution in [1.29, 1.82) is 0 Å². The number of hydrogen-bond donors (Lipinski definition) is 2. The highest BCUT2D eigenvalue weighted by Gasteiger charge is 2.07. The predicted octanol–water partition coefficient (Wildman–Crippen LogP) is 1.74. The van der Waals surface area contributed by atoms with Gasteiger partial charge in [-0.1, -0.05) is 30.4 Å². The Morgan fingerprint density at radius 1 is 1.09 bits per heavy atom. The van der Waals surface area contributed by atoms with E-state index in [2.05, 4.69) is 10.9 Å². The first-order chi connectivity index (χ1) is 10.7. The maximum Gasteiger partial charge on any atom is 0.276 e. The lowest BCUT2D eigenvalue weighted by atomic mass is 10.3. The SMILES string of the molecule is C/C=C/C=C/C(=O)NNC(=O)COc1ccccc1OCC. The summed E-state index contributed by atoms with van der Waals surface area (Å²) in [6.45, 7) is 3.96. The summed E-state index contributed by atoms with van der Waals surface area (Å²) in [7, 11) is 0. The summed E-state index contributed by atoms with van der Waals surface area (Å²) in [5.74, 6) is 0.134. The Morgan fingerprint density at radius 3 is 2.41 bits per heavy atom. The molecule has 1 aromatic rings. The van der Waals surface area contributed by atoms with Gasteiger partial charge in [-0.15, -0.1) is 0 Å². The highest BCUT2D eigenvalue weighted by atomic mass is 16.5. The third kappa shape index (κ3) is 6.60. The second kappa shape index (κ2) is 10.0. The van der Waals surface area contributed by atoms with Crippen LogP contribution in [0.25, 0.3) is 0 Å². The Balaban J connectivity index is 2.39. The third-order valence-corrected chi connectivity index (χ3v) is 2.38. The minimum absolute atomic E-state index is 0.233. The van der Waals surface area contributed by atoms with Crippen LogP contribution in [-0.4, -0.2) is 25.0 Å². The second-order valence-corrected chi connectivity index (χ2v) is 4.09. The highest BCUT2D eigenvalue weighted by molar-refractivity contribution is 5.90. The van der Waals surface area contributed by atoms with Crippen molar-refractivity contribution < 1.29 is 19.1 Å². The summed E-state index contributed by atoms with van der Waals surface area (Å²) < 4.78 is 10.7. The van der Waals surface area contributed by atoms with Gasteiger partial charge in [0.2, 0.25) is 0 Å². The molecule has 2 amide bonds. The number of ether oxygens (including phenoxy) is 2. The number of allylic oxidation sites excluding steroid dienone is 3. The number of benzene rings is 1. The quantitative estimate of drug-likeness (QED) is 0.457. The van der Waals surface area contributed by atoms with Crippen molar-refractivity contribution >= 4 is 11.8 Å². The largest absolute Gasteiger partial charge is 0.490 e. The van der Waals surface area contributed by atoms with Crippen LogP contribution in [0.15, 0.2) is 48.6 Å². The van der Waals surface area contributed by atoms with E-state index < -0.39 is 11.8 Å². The van der Waals surface area contributed by atoms with Gasteiger partial charge in [0.1, 0.15) is 0 Å². The minimum Gasteiger partial charge on any atom is -0.490 e. The molecule has 0 heterocycles. The van der Waals surface area contributed by atoms with Crippen LogP contribution in [0.5, 0.6) is 11.5 Å². The van der Waals surface area contributed by atoms with Gasteiger partial charge in [-0.2, -0.15) is 0 Å². The van der Waals surface area contributed by atoms with E-state index in [1.54, 1.807) is 36.4 Å². The summed E-state index contributed by atoms with van der Waals surface area (Å²) >= 11 is 0. The average molecular weight is 304 g/mol. The Kier molecular flexibility index (Phi) is 7.89. The number of rotatable bonds is 7. The number of carbonyl (C=O) groups is 2. The summed E-state index contributed by atoms with van der Waals surface area (Å²) in [6, 6.07) is 7.06. The van der Waals surface area contributed by atoms with Gasteiger partial charge < -0.3 is 9.47 Å². The molecule has 0 saturated heterocycles. The van der Waals surface area contributed by atoms with Crippen molar-refractivity contribution in [3.05, 3.63) is 48.6 Å². The summed E-state index contributed by atoms with van der Waals surface area (Å²) in [4.78, 5) is 22.9. The van der Waals surface area contributed by atoms with Gasteiger partial charge in [-0.05, 0) is 26.0 Å². The lowest BCUT2D eigenvalue weighted by molar-refractivity contribution is -0.128. The zero-order valence-corrected chi connectivity index (χ0v) is 12.7. The van der Waals surface area contributed by atoms with Crippen molar-refractivity contribution in [2.24, 2.45) is 0 Å². The normalized spacial score (nSPS) is 10.6. The zero-order valence-electron chi connectivity index (χ0n) is 12.7. The molecule has 6 heteroatoms. The molecule has 0 atom stereocenters. The minimum atomic E-state index is -0.473. The Morgan fingerprint density at radius 2 is 1.77 bits per heavy atom. The van der Waals surface area contributed by atoms with E-state index in [1.165, 1.54) is 6.08 Å². The van der Waals surface area contributed by atoms with Gasteiger partial charge in [0.05, 0.1) is 6.61 Å². The maximum absolute atomic E-state index is 11.6. The fourth-order valence-corrected chi connectivity index (χ4v) is 1.45. The molecule has 0 aliphatic rings. The smallest absolute Gasteiger partial charge is 0.276 e. The van der Waals surface area contributed by atoms with Crippen LogP contribution in [0.1, 0.15) is 13.8 Å². The van der Waals surface area contributed by atoms with Crippen LogP contribution in [0.4, 0.5) is 0 Å². The number of para-hydroxylation sites is 2. The molecular formula is C16H20N2O4. The van der Waals surface area contributed by atoms with Crippen LogP contribution >= 0.6 is 0 Å². The molecule has 0 aliphatic carbocycles. The monoisotopic (exact) mass is 304 g/mol. The molecule has 0 aliphatic heterocycles. The predicted molar refractivity (Wildman–Crippen MR) is 83.3 cm³/mol. The molecule has 1 rings (SSSR count). The number of nitrogens with one attached hydrogen (secondary N) is 2. The van der Waals surface area contributed by atoms with Gasteiger partial charge in [0, 0.05) is 6.08 Å². The van der Waals surface area contributed by atoms with Gasteiger partial charge in [-0.3, -0.25) is 20.4 Å². The van der Waals surface area contributed by atoms with Crippen LogP contribution in [0.3, 0.4) is 0 Å². The second-order valence-electron chi connectivity index (χ2n) is 4.09. The van der Waals surface area contributed by atoms with Gasteiger partial charge in [0.15, 0.2) is 18.1 Å². The molecule has 1 aromatic carbocycles. The van der Waals surface area contributed by atoms with Crippen molar-refractivity contribution in [3.8, 4) is 11.5 Å². The Bertz CT molecular complexity index is 553. The molecule has 0 spiro atoms. The van der Waals surface area contributed by atoms with E-state index in [4.69, 9.17) is 9.47 Å². The van der Waals surface area contributed by atoms with E-state index in [-0.39, 0.29) is 6.61 Å². The lowest BCUT2D eigenvalue weighted by Gasteiger charge is -2.11. The Hall–Kier alpha value is -2.76. The number of carbonyl (C=O) groups excluding carboxylic acids is 2. The van der Waals surface area contributed by atoms with E-state index in [9.17, 15) is 9.59 Å². The molecule has 0 aromatic heterocycles. The van der Waals surface area contributed by atoms with E-state index in [0.29, 0.717) is 18.1 Å². The summed E-state index contributed by atoms with van der Waals surface area (Å²) in [6.07, 6.45) is 6.35. The molecule has 0 fully saturated rings. The first-order valence-electron chi connectivity index (χ1n) is 6.90. The van der Waals surface area contributed by atoms with E-state index >= 15 is 0 Å². The van der Waals surface area contributed by atoms with E-state index in [1.807, 2.05) is 19.9 Å². The van der Waals surface area contributed by atoms with Gasteiger partial charge in [0.25, 0.3) is 11.8 Å². The maximum atomic E-state index is 11.6. The first-order valence-corrected chi connectivity index (χ1v) is 6.90. The average Bonchev–Trinajstić information content (AvgIpc) is 2.52. The van der Waals surface area contributed by atoms with Gasteiger partial charge in [-0.25, -0.2) is 0 Å². The van der Waals surface area contributed by atoms with Crippen molar-refractivity contribution in [2.75, 3.05) is 13.2 Å². The van der Waals surface area contributed by atoms with E-state index in [0.717, 1.165) is 0 Å². The summed E-state index contributed by atoms with van der Waals surface area (Å²) in [5, 5.41) is 0. The third-order valence-electron chi connectivity index (χ3n) is 2.38. The molecule has 0 saturated carbocycles. The fourth-order valence-electron chi connectivity index (χ4n) is 1.45. The van der Waals surface area contributed by atoms with Crippen LogP contribution in [-0.2, 0) is 9.59 Å². The zero-order chi connectivity index (χ0) is 16.2. The van der Waals surface area contributed by atoms with Crippen LogP contribution in [0, 0.1) is 0 Å². The molecule has 0 radical (unpaired) electrons. The number of hydrogen-bond acceptors (Lipinski definition) is 4. The molecule has 22 heavy (non-hydrogen) atoms. The van der Waals surface area contributed by atoms with Crippen molar-refractivity contribution in [3.63, 3.8) is 0 Å². The van der Waals surface area contributed by atoms with Gasteiger partial charge >= 0.3 is 0 Å². The summed E-state index contributed by atoms with van der Waals surface area (Å²) in [5.41, 5.74) is 4.50. The highest BCUT2D eigenvalue weighted by Crippen LogP contribution is 2.25. The lowest BCUT2D eigenvalue weighted by Crippen LogP contribution is -2.43. The topological polar surface area (TPSA) is 76.7 Å². The molecular weight excluding hydrogens is 284 g/mol.